The molecule has 1 saturated heterocycles. The van der Waals surface area contributed by atoms with Crippen molar-refractivity contribution in [1.82, 2.24) is 10.1 Å². The minimum absolute atomic E-state index is 0.0737. The van der Waals surface area contributed by atoms with Gasteiger partial charge in [0, 0.05) is 37.9 Å². The van der Waals surface area contributed by atoms with Crippen LogP contribution in [0.1, 0.15) is 74.0 Å². The molecule has 3 rings (SSSR count). The number of Topliss-reactive ketones (excluding diaryl/α,β-unsaturated/α-hetero) is 1. The average Bonchev–Trinajstić information content (AvgIpc) is 3.36. The second kappa shape index (κ2) is 8.13. The van der Waals surface area contributed by atoms with E-state index in [0.717, 1.165) is 51.0 Å². The fourth-order valence-corrected chi connectivity index (χ4v) is 3.67. The summed E-state index contributed by atoms with van der Waals surface area (Å²) in [6, 6.07) is 1.82. The Balaban J connectivity index is 1.44. The highest BCUT2D eigenvalue weighted by atomic mass is 16.5. The molecule has 6 nitrogen and oxygen atoms in total. The Morgan fingerprint density at radius 2 is 2.04 bits per heavy atom. The molecule has 1 aliphatic heterocycles. The van der Waals surface area contributed by atoms with Crippen molar-refractivity contribution in [1.29, 1.82) is 0 Å². The first-order chi connectivity index (χ1) is 12.1. The molecular formula is C19H29N3O3. The first kappa shape index (κ1) is 18.1. The van der Waals surface area contributed by atoms with Gasteiger partial charge >= 0.3 is 0 Å². The van der Waals surface area contributed by atoms with E-state index in [9.17, 15) is 9.59 Å². The number of nitrogens with zero attached hydrogens (tertiary/aromatic N) is 2. The lowest BCUT2D eigenvalue weighted by molar-refractivity contribution is -0.132. The number of likely N-dealkylation sites (tertiary alicyclic amines) is 1. The number of piperidine rings is 1. The second-order valence-corrected chi connectivity index (χ2v) is 7.60. The third-order valence-electron chi connectivity index (χ3n) is 5.59. The highest BCUT2D eigenvalue weighted by Crippen LogP contribution is 2.40. The standard InChI is InChI=1S/C19H29N3O3/c1-13(11-17(23)16-12-18(25-21-16)15-4-5-15)14-6-9-22(10-7-14)19(24)3-2-8-20/h12-15H,2-11,20H2,1H3/t13-/m1/s1. The number of nitrogens with two attached hydrogens (primary N) is 1. The lowest BCUT2D eigenvalue weighted by Gasteiger charge is -2.34. The van der Waals surface area contributed by atoms with E-state index in [1.165, 1.54) is 0 Å². The van der Waals surface area contributed by atoms with Gasteiger partial charge in [0.2, 0.25) is 5.91 Å². The van der Waals surface area contributed by atoms with Gasteiger partial charge in [0.15, 0.2) is 5.78 Å². The zero-order valence-electron chi connectivity index (χ0n) is 15.1. The molecule has 0 aromatic carbocycles. The Bertz CT molecular complexity index is 601. The van der Waals surface area contributed by atoms with Gasteiger partial charge in [-0.25, -0.2) is 0 Å². The number of aromatic nitrogens is 1. The molecular weight excluding hydrogens is 318 g/mol. The summed E-state index contributed by atoms with van der Waals surface area (Å²) in [6.07, 6.45) is 6.02. The first-order valence-corrected chi connectivity index (χ1v) is 9.56. The number of carbonyl (C=O) groups excluding carboxylic acids is 2. The minimum Gasteiger partial charge on any atom is -0.360 e. The summed E-state index contributed by atoms with van der Waals surface area (Å²) in [5, 5.41) is 3.95. The summed E-state index contributed by atoms with van der Waals surface area (Å²) in [5.74, 6) is 2.41. The molecule has 2 heterocycles. The molecule has 1 atom stereocenters. The maximum absolute atomic E-state index is 12.4. The Morgan fingerprint density at radius 3 is 2.68 bits per heavy atom. The minimum atomic E-state index is 0.0737. The van der Waals surface area contributed by atoms with E-state index >= 15 is 0 Å². The maximum Gasteiger partial charge on any atom is 0.222 e. The maximum atomic E-state index is 12.4. The van der Waals surface area contributed by atoms with E-state index in [1.54, 1.807) is 0 Å². The van der Waals surface area contributed by atoms with Crippen molar-refractivity contribution in [3.05, 3.63) is 17.5 Å². The zero-order chi connectivity index (χ0) is 17.8. The van der Waals surface area contributed by atoms with E-state index < -0.39 is 0 Å². The quantitative estimate of drug-likeness (QED) is 0.730. The van der Waals surface area contributed by atoms with E-state index in [0.29, 0.717) is 42.8 Å². The number of rotatable bonds is 8. The molecule has 1 aliphatic carbocycles. The number of hydrogen-bond acceptors (Lipinski definition) is 5. The summed E-state index contributed by atoms with van der Waals surface area (Å²) in [7, 11) is 0. The number of hydrogen-bond donors (Lipinski definition) is 1. The van der Waals surface area contributed by atoms with Crippen molar-refractivity contribution >= 4 is 11.7 Å². The topological polar surface area (TPSA) is 89.4 Å². The van der Waals surface area contributed by atoms with Crippen LogP contribution in [0.2, 0.25) is 0 Å². The van der Waals surface area contributed by atoms with Crippen LogP contribution in [0.5, 0.6) is 0 Å². The molecule has 0 bridgehead atoms. The van der Waals surface area contributed by atoms with Crippen LogP contribution in [0.4, 0.5) is 0 Å². The van der Waals surface area contributed by atoms with Crippen LogP contribution >= 0.6 is 0 Å². The molecule has 2 fully saturated rings. The van der Waals surface area contributed by atoms with E-state index in [1.807, 2.05) is 11.0 Å². The Morgan fingerprint density at radius 1 is 1.32 bits per heavy atom. The largest absolute Gasteiger partial charge is 0.360 e. The summed E-state index contributed by atoms with van der Waals surface area (Å²) >= 11 is 0. The van der Waals surface area contributed by atoms with Crippen molar-refractivity contribution in [2.75, 3.05) is 19.6 Å². The summed E-state index contributed by atoms with van der Waals surface area (Å²) < 4.78 is 5.29. The lowest BCUT2D eigenvalue weighted by atomic mass is 9.82. The molecule has 0 unspecified atom stereocenters. The SMILES string of the molecule is C[C@H](CC(=O)c1cc(C2CC2)on1)C1CCN(C(=O)CCCN)CC1. The van der Waals surface area contributed by atoms with Gasteiger partial charge in [0.05, 0.1) is 0 Å². The molecule has 1 aromatic rings. The average molecular weight is 347 g/mol. The highest BCUT2D eigenvalue weighted by Gasteiger charge is 2.30. The van der Waals surface area contributed by atoms with E-state index in [2.05, 4.69) is 12.1 Å². The second-order valence-electron chi connectivity index (χ2n) is 7.60. The van der Waals surface area contributed by atoms with Gasteiger partial charge in [0.1, 0.15) is 11.5 Å². The van der Waals surface area contributed by atoms with Gasteiger partial charge in [-0.2, -0.15) is 0 Å². The molecule has 1 saturated carbocycles. The number of carbonyl (C=O) groups is 2. The van der Waals surface area contributed by atoms with Gasteiger partial charge in [-0.3, -0.25) is 9.59 Å². The molecule has 138 valence electrons. The van der Waals surface area contributed by atoms with Crippen molar-refractivity contribution < 1.29 is 14.1 Å². The van der Waals surface area contributed by atoms with Gasteiger partial charge < -0.3 is 15.2 Å². The predicted molar refractivity (Wildman–Crippen MR) is 94.2 cm³/mol. The van der Waals surface area contributed by atoms with Crippen molar-refractivity contribution in [2.45, 2.75) is 57.8 Å². The van der Waals surface area contributed by atoms with Crippen LogP contribution in [-0.4, -0.2) is 41.4 Å². The predicted octanol–water partition coefficient (Wildman–Crippen LogP) is 2.74. The van der Waals surface area contributed by atoms with Crippen LogP contribution < -0.4 is 5.73 Å². The van der Waals surface area contributed by atoms with Gasteiger partial charge in [-0.05, 0) is 50.5 Å². The number of ketones is 1. The monoisotopic (exact) mass is 347 g/mol. The summed E-state index contributed by atoms with van der Waals surface area (Å²) in [5.41, 5.74) is 5.94. The van der Waals surface area contributed by atoms with Crippen molar-refractivity contribution in [2.24, 2.45) is 17.6 Å². The summed E-state index contributed by atoms with van der Waals surface area (Å²) in [4.78, 5) is 26.4. The lowest BCUT2D eigenvalue weighted by Crippen LogP contribution is -2.40. The molecule has 0 radical (unpaired) electrons. The first-order valence-electron chi connectivity index (χ1n) is 9.56. The molecule has 0 spiro atoms. The Kier molecular flexibility index (Phi) is 5.89. The third-order valence-corrected chi connectivity index (χ3v) is 5.59. The number of amides is 1. The molecule has 1 amide bonds. The molecule has 2 aliphatic rings. The van der Waals surface area contributed by atoms with Crippen LogP contribution in [0, 0.1) is 11.8 Å². The molecule has 2 N–H and O–H groups in total. The normalized spacial score (nSPS) is 19.8. The molecule has 25 heavy (non-hydrogen) atoms. The van der Waals surface area contributed by atoms with Gasteiger partial charge in [-0.15, -0.1) is 0 Å². The molecule has 1 aromatic heterocycles. The smallest absolute Gasteiger partial charge is 0.222 e. The van der Waals surface area contributed by atoms with Crippen LogP contribution in [0.25, 0.3) is 0 Å². The van der Waals surface area contributed by atoms with Crippen molar-refractivity contribution in [3.8, 4) is 0 Å². The van der Waals surface area contributed by atoms with Gasteiger partial charge in [-0.1, -0.05) is 12.1 Å². The molecule has 6 heteroatoms. The summed E-state index contributed by atoms with van der Waals surface area (Å²) in [6.45, 7) is 4.28. The van der Waals surface area contributed by atoms with Gasteiger partial charge in [0.25, 0.3) is 0 Å². The highest BCUT2D eigenvalue weighted by molar-refractivity contribution is 5.94. The zero-order valence-corrected chi connectivity index (χ0v) is 15.1. The van der Waals surface area contributed by atoms with Crippen LogP contribution in [-0.2, 0) is 4.79 Å². The third kappa shape index (κ3) is 4.69. The van der Waals surface area contributed by atoms with Crippen molar-refractivity contribution in [3.63, 3.8) is 0 Å². The van der Waals surface area contributed by atoms with E-state index in [-0.39, 0.29) is 11.7 Å². The Hall–Kier alpha value is -1.69. The fourth-order valence-electron chi connectivity index (χ4n) is 3.67. The van der Waals surface area contributed by atoms with Crippen LogP contribution in [0.3, 0.4) is 0 Å². The fraction of sp³-hybridized carbons (Fsp3) is 0.737. The Labute approximate surface area is 149 Å². The van der Waals surface area contributed by atoms with E-state index in [4.69, 9.17) is 10.3 Å². The van der Waals surface area contributed by atoms with Crippen LogP contribution in [0.15, 0.2) is 10.6 Å².